The fourth-order valence-corrected chi connectivity index (χ4v) is 2.76. The average molecular weight is 357 g/mol. The van der Waals surface area contributed by atoms with Crippen LogP contribution in [0.4, 0.5) is 0 Å². The first-order valence-electron chi connectivity index (χ1n) is 8.28. The largest absolute Gasteiger partial charge is 0.497 e. The van der Waals surface area contributed by atoms with E-state index in [1.807, 2.05) is 13.0 Å². The molecule has 0 fully saturated rings. The minimum absolute atomic E-state index is 0.164. The van der Waals surface area contributed by atoms with Crippen LogP contribution >= 0.6 is 0 Å². The minimum atomic E-state index is -0.990. The lowest BCUT2D eigenvalue weighted by Gasteiger charge is -2.18. The third kappa shape index (κ3) is 4.75. The maximum absolute atomic E-state index is 12.3. The first-order chi connectivity index (χ1) is 12.5. The van der Waals surface area contributed by atoms with Crippen LogP contribution in [0.15, 0.2) is 42.5 Å². The van der Waals surface area contributed by atoms with E-state index in [0.29, 0.717) is 23.5 Å². The molecular formula is C20H23NO5. The summed E-state index contributed by atoms with van der Waals surface area (Å²) in [6, 6.07) is 11.8. The molecule has 0 radical (unpaired) electrons. The van der Waals surface area contributed by atoms with Crippen LogP contribution in [0.5, 0.6) is 11.5 Å². The maximum Gasteiger partial charge on any atom is 0.335 e. The van der Waals surface area contributed by atoms with Gasteiger partial charge in [0.25, 0.3) is 0 Å². The number of rotatable bonds is 8. The number of carbonyl (C=O) groups is 2. The van der Waals surface area contributed by atoms with Gasteiger partial charge < -0.3 is 19.9 Å². The van der Waals surface area contributed by atoms with Crippen LogP contribution < -0.4 is 14.8 Å². The van der Waals surface area contributed by atoms with Crippen molar-refractivity contribution in [1.82, 2.24) is 5.32 Å². The number of carboxylic acid groups (broad SMARTS) is 1. The lowest BCUT2D eigenvalue weighted by molar-refractivity contribution is -0.121. The second-order valence-corrected chi connectivity index (χ2v) is 5.86. The Labute approximate surface area is 152 Å². The van der Waals surface area contributed by atoms with Gasteiger partial charge in [-0.3, -0.25) is 4.79 Å². The number of nitrogens with one attached hydrogen (secondary N) is 1. The summed E-state index contributed by atoms with van der Waals surface area (Å²) in [6.07, 6.45) is 0.553. The number of methoxy groups -OCH3 is 2. The summed E-state index contributed by atoms with van der Waals surface area (Å²) in [5.41, 5.74) is 1.68. The van der Waals surface area contributed by atoms with Gasteiger partial charge in [0.1, 0.15) is 11.5 Å². The van der Waals surface area contributed by atoms with Crippen LogP contribution in [0.3, 0.4) is 0 Å². The molecule has 26 heavy (non-hydrogen) atoms. The predicted molar refractivity (Wildman–Crippen MR) is 97.8 cm³/mol. The van der Waals surface area contributed by atoms with Gasteiger partial charge in [0.2, 0.25) is 5.91 Å². The molecule has 2 N–H and O–H groups in total. The predicted octanol–water partition coefficient (Wildman–Crippen LogP) is 3.21. The molecule has 138 valence electrons. The first-order valence-corrected chi connectivity index (χ1v) is 8.28. The van der Waals surface area contributed by atoms with Gasteiger partial charge in [-0.05, 0) is 43.2 Å². The van der Waals surface area contributed by atoms with Crippen molar-refractivity contribution in [2.24, 2.45) is 0 Å². The van der Waals surface area contributed by atoms with Crippen LogP contribution in [-0.4, -0.2) is 31.2 Å². The number of hydrogen-bond donors (Lipinski definition) is 2. The van der Waals surface area contributed by atoms with Gasteiger partial charge in [0, 0.05) is 12.0 Å². The zero-order valence-electron chi connectivity index (χ0n) is 15.1. The highest BCUT2D eigenvalue weighted by Crippen LogP contribution is 2.29. The van der Waals surface area contributed by atoms with Gasteiger partial charge in [-0.25, -0.2) is 4.79 Å². The van der Waals surface area contributed by atoms with Gasteiger partial charge in [-0.2, -0.15) is 0 Å². The number of ether oxygens (including phenoxy) is 2. The molecular weight excluding hydrogens is 334 g/mol. The van der Waals surface area contributed by atoms with Crippen LogP contribution in [0.25, 0.3) is 0 Å². The molecule has 1 amide bonds. The number of aryl methyl sites for hydroxylation is 1. The molecule has 2 aromatic carbocycles. The average Bonchev–Trinajstić information content (AvgIpc) is 2.65. The SMILES string of the molecule is COc1ccc(OC)c(C(C)NC(=O)CCc2ccccc2C(=O)O)c1. The van der Waals surface area contributed by atoms with Crippen LogP contribution in [-0.2, 0) is 11.2 Å². The molecule has 0 heterocycles. The highest BCUT2D eigenvalue weighted by atomic mass is 16.5. The third-order valence-corrected chi connectivity index (χ3v) is 4.15. The van der Waals surface area contributed by atoms with E-state index in [4.69, 9.17) is 9.47 Å². The zero-order valence-corrected chi connectivity index (χ0v) is 15.1. The Morgan fingerprint density at radius 3 is 2.50 bits per heavy atom. The van der Waals surface area contributed by atoms with Crippen molar-refractivity contribution in [2.75, 3.05) is 14.2 Å². The van der Waals surface area contributed by atoms with E-state index in [2.05, 4.69) is 5.32 Å². The molecule has 0 spiro atoms. The summed E-state index contributed by atoms with van der Waals surface area (Å²) in [5, 5.41) is 12.1. The molecule has 1 atom stereocenters. The molecule has 0 aromatic heterocycles. The molecule has 0 saturated carbocycles. The molecule has 6 heteroatoms. The quantitative estimate of drug-likeness (QED) is 0.758. The second kappa shape index (κ2) is 8.89. The molecule has 0 saturated heterocycles. The van der Waals surface area contributed by atoms with Crippen molar-refractivity contribution in [3.05, 3.63) is 59.2 Å². The molecule has 0 bridgehead atoms. The van der Waals surface area contributed by atoms with Crippen molar-refractivity contribution in [2.45, 2.75) is 25.8 Å². The first kappa shape index (κ1) is 19.3. The van der Waals surface area contributed by atoms with E-state index < -0.39 is 5.97 Å². The van der Waals surface area contributed by atoms with Gasteiger partial charge in [-0.1, -0.05) is 18.2 Å². The van der Waals surface area contributed by atoms with E-state index in [-0.39, 0.29) is 23.9 Å². The number of carbonyl (C=O) groups excluding carboxylic acids is 1. The maximum atomic E-state index is 12.3. The van der Waals surface area contributed by atoms with E-state index in [1.165, 1.54) is 0 Å². The summed E-state index contributed by atoms with van der Waals surface area (Å²) in [6.45, 7) is 1.86. The number of amides is 1. The topological polar surface area (TPSA) is 84.9 Å². The van der Waals surface area contributed by atoms with Crippen LogP contribution in [0.2, 0.25) is 0 Å². The minimum Gasteiger partial charge on any atom is -0.497 e. The Morgan fingerprint density at radius 2 is 1.85 bits per heavy atom. The highest BCUT2D eigenvalue weighted by Gasteiger charge is 2.16. The molecule has 0 aliphatic heterocycles. The van der Waals surface area contributed by atoms with Crippen molar-refractivity contribution in [3.8, 4) is 11.5 Å². The van der Waals surface area contributed by atoms with Crippen LogP contribution in [0, 0.1) is 0 Å². The zero-order chi connectivity index (χ0) is 19.1. The van der Waals surface area contributed by atoms with E-state index in [1.54, 1.807) is 50.6 Å². The monoisotopic (exact) mass is 357 g/mol. The van der Waals surface area contributed by atoms with Crippen molar-refractivity contribution in [3.63, 3.8) is 0 Å². The lowest BCUT2D eigenvalue weighted by Crippen LogP contribution is -2.27. The Bertz CT molecular complexity index is 788. The highest BCUT2D eigenvalue weighted by molar-refractivity contribution is 5.89. The van der Waals surface area contributed by atoms with Crippen molar-refractivity contribution < 1.29 is 24.2 Å². The van der Waals surface area contributed by atoms with Crippen LogP contribution in [0.1, 0.15) is 40.9 Å². The number of carboxylic acids is 1. The number of hydrogen-bond acceptors (Lipinski definition) is 4. The Kier molecular flexibility index (Phi) is 6.60. The summed E-state index contributed by atoms with van der Waals surface area (Å²) in [5.74, 6) is 0.185. The normalized spacial score (nSPS) is 11.5. The standard InChI is InChI=1S/C20H23NO5/c1-13(17-12-15(25-2)9-10-18(17)26-3)21-19(22)11-8-14-6-4-5-7-16(14)20(23)24/h4-7,9-10,12-13H,8,11H2,1-3H3,(H,21,22)(H,23,24). The summed E-state index contributed by atoms with van der Waals surface area (Å²) >= 11 is 0. The Morgan fingerprint density at radius 1 is 1.12 bits per heavy atom. The fourth-order valence-electron chi connectivity index (χ4n) is 2.76. The summed E-state index contributed by atoms with van der Waals surface area (Å²) in [4.78, 5) is 23.5. The third-order valence-electron chi connectivity index (χ3n) is 4.15. The lowest BCUT2D eigenvalue weighted by atomic mass is 10.0. The Hall–Kier alpha value is -3.02. The second-order valence-electron chi connectivity index (χ2n) is 5.86. The molecule has 2 rings (SSSR count). The number of aromatic carboxylic acids is 1. The Balaban J connectivity index is 2.03. The van der Waals surface area contributed by atoms with Gasteiger partial charge in [0.05, 0.1) is 25.8 Å². The fraction of sp³-hybridized carbons (Fsp3) is 0.300. The molecule has 0 aliphatic rings. The van der Waals surface area contributed by atoms with Gasteiger partial charge >= 0.3 is 5.97 Å². The molecule has 2 aromatic rings. The number of benzene rings is 2. The summed E-state index contributed by atoms with van der Waals surface area (Å²) in [7, 11) is 3.15. The molecule has 1 unspecified atom stereocenters. The van der Waals surface area contributed by atoms with E-state index in [0.717, 1.165) is 5.56 Å². The molecule has 6 nitrogen and oxygen atoms in total. The van der Waals surface area contributed by atoms with Crippen molar-refractivity contribution in [1.29, 1.82) is 0 Å². The van der Waals surface area contributed by atoms with Gasteiger partial charge in [0.15, 0.2) is 0 Å². The van der Waals surface area contributed by atoms with Gasteiger partial charge in [-0.15, -0.1) is 0 Å². The van der Waals surface area contributed by atoms with Crippen molar-refractivity contribution >= 4 is 11.9 Å². The smallest absolute Gasteiger partial charge is 0.335 e. The molecule has 0 aliphatic carbocycles. The van der Waals surface area contributed by atoms with E-state index >= 15 is 0 Å². The summed E-state index contributed by atoms with van der Waals surface area (Å²) < 4.78 is 10.6. The van der Waals surface area contributed by atoms with E-state index in [9.17, 15) is 14.7 Å².